The van der Waals surface area contributed by atoms with Crippen LogP contribution in [0.5, 0.6) is 0 Å². The Balaban J connectivity index is 2.31. The quantitative estimate of drug-likeness (QED) is 0.651. The lowest BCUT2D eigenvalue weighted by atomic mass is 9.94. The third-order valence-electron chi connectivity index (χ3n) is 2.26. The van der Waals surface area contributed by atoms with Gasteiger partial charge in [0.2, 0.25) is 0 Å². The zero-order valence-corrected chi connectivity index (χ0v) is 7.36. The fourth-order valence-corrected chi connectivity index (χ4v) is 1.59. The smallest absolute Gasteiger partial charge is 0.155 e. The van der Waals surface area contributed by atoms with E-state index < -0.39 is 0 Å². The molecule has 0 aromatic carbocycles. The monoisotopic (exact) mass is 173 g/mol. The van der Waals surface area contributed by atoms with Gasteiger partial charge < -0.3 is 0 Å². The van der Waals surface area contributed by atoms with E-state index in [-0.39, 0.29) is 5.78 Å². The van der Waals surface area contributed by atoms with Crippen LogP contribution < -0.4 is 0 Å². The van der Waals surface area contributed by atoms with E-state index in [0.717, 1.165) is 24.0 Å². The minimum Gasteiger partial charge on any atom is -0.295 e. The van der Waals surface area contributed by atoms with Gasteiger partial charge in [-0.05, 0) is 42.2 Å². The Morgan fingerprint density at radius 1 is 1.15 bits per heavy atom. The second-order valence-electron chi connectivity index (χ2n) is 3.23. The van der Waals surface area contributed by atoms with Gasteiger partial charge >= 0.3 is 0 Å². The summed E-state index contributed by atoms with van der Waals surface area (Å²) in [4.78, 5) is 15.1. The van der Waals surface area contributed by atoms with Gasteiger partial charge in [-0.2, -0.15) is 0 Å². The summed E-state index contributed by atoms with van der Waals surface area (Å²) in [5.74, 6) is 0.248. The molecule has 0 amide bonds. The first-order chi connectivity index (χ1) is 6.36. The summed E-state index contributed by atoms with van der Waals surface area (Å²) in [5.41, 5.74) is 2.28. The number of nitrogens with zero attached hydrogens (tertiary/aromatic N) is 1. The second-order valence-corrected chi connectivity index (χ2v) is 3.23. The summed E-state index contributed by atoms with van der Waals surface area (Å²) in [6, 6.07) is 3.90. The van der Waals surface area contributed by atoms with Crippen LogP contribution in [0.15, 0.2) is 30.6 Å². The molecule has 1 aliphatic rings. The van der Waals surface area contributed by atoms with E-state index in [0.29, 0.717) is 6.42 Å². The molecule has 66 valence electrons. The van der Waals surface area contributed by atoms with Crippen LogP contribution in [0.1, 0.15) is 24.8 Å². The Morgan fingerprint density at radius 3 is 2.62 bits per heavy atom. The number of pyridine rings is 1. The molecule has 0 unspecified atom stereocenters. The maximum atomic E-state index is 11.2. The van der Waals surface area contributed by atoms with Gasteiger partial charge in [-0.3, -0.25) is 9.78 Å². The van der Waals surface area contributed by atoms with Crippen molar-refractivity contribution in [3.05, 3.63) is 36.2 Å². The van der Waals surface area contributed by atoms with Gasteiger partial charge in [0.1, 0.15) is 0 Å². The molecule has 1 aliphatic carbocycles. The van der Waals surface area contributed by atoms with Crippen molar-refractivity contribution in [2.75, 3.05) is 0 Å². The SMILES string of the molecule is O=C1C=C(c2ccncc2)CCC1. The number of rotatable bonds is 1. The van der Waals surface area contributed by atoms with Crippen molar-refractivity contribution in [3.63, 3.8) is 0 Å². The van der Waals surface area contributed by atoms with Crippen LogP contribution in [0.25, 0.3) is 5.57 Å². The third kappa shape index (κ3) is 1.83. The first-order valence-corrected chi connectivity index (χ1v) is 4.50. The average Bonchev–Trinajstić information content (AvgIpc) is 2.19. The summed E-state index contributed by atoms with van der Waals surface area (Å²) in [6.45, 7) is 0. The molecule has 2 rings (SSSR count). The Hall–Kier alpha value is -1.44. The lowest BCUT2D eigenvalue weighted by Gasteiger charge is -2.11. The molecule has 0 saturated carbocycles. The molecule has 0 saturated heterocycles. The van der Waals surface area contributed by atoms with Crippen LogP contribution in [0, 0.1) is 0 Å². The van der Waals surface area contributed by atoms with E-state index in [1.54, 1.807) is 18.5 Å². The highest BCUT2D eigenvalue weighted by molar-refractivity contribution is 5.98. The highest BCUT2D eigenvalue weighted by Gasteiger charge is 2.10. The van der Waals surface area contributed by atoms with Gasteiger partial charge in [-0.25, -0.2) is 0 Å². The highest BCUT2D eigenvalue weighted by Crippen LogP contribution is 2.24. The van der Waals surface area contributed by atoms with Crippen molar-refractivity contribution in [3.8, 4) is 0 Å². The van der Waals surface area contributed by atoms with Gasteiger partial charge in [-0.15, -0.1) is 0 Å². The van der Waals surface area contributed by atoms with E-state index in [1.165, 1.54) is 0 Å². The third-order valence-corrected chi connectivity index (χ3v) is 2.26. The van der Waals surface area contributed by atoms with E-state index >= 15 is 0 Å². The van der Waals surface area contributed by atoms with Crippen LogP contribution in [-0.4, -0.2) is 10.8 Å². The predicted molar refractivity (Wildman–Crippen MR) is 51.1 cm³/mol. The van der Waals surface area contributed by atoms with Gasteiger partial charge in [0, 0.05) is 18.8 Å². The largest absolute Gasteiger partial charge is 0.295 e. The predicted octanol–water partition coefficient (Wildman–Crippen LogP) is 2.22. The minimum absolute atomic E-state index is 0.248. The molecule has 0 N–H and O–H groups in total. The molecular weight excluding hydrogens is 162 g/mol. The first kappa shape index (κ1) is 8.17. The lowest BCUT2D eigenvalue weighted by molar-refractivity contribution is -0.114. The number of aromatic nitrogens is 1. The van der Waals surface area contributed by atoms with Crippen molar-refractivity contribution < 1.29 is 4.79 Å². The zero-order valence-electron chi connectivity index (χ0n) is 7.36. The number of carbonyl (C=O) groups is 1. The maximum Gasteiger partial charge on any atom is 0.155 e. The maximum absolute atomic E-state index is 11.2. The molecular formula is C11H11NO. The molecule has 1 aromatic heterocycles. The first-order valence-electron chi connectivity index (χ1n) is 4.50. The minimum atomic E-state index is 0.248. The number of hydrogen-bond acceptors (Lipinski definition) is 2. The topological polar surface area (TPSA) is 30.0 Å². The van der Waals surface area contributed by atoms with E-state index in [4.69, 9.17) is 0 Å². The molecule has 1 aromatic rings. The Kier molecular flexibility index (Phi) is 2.21. The summed E-state index contributed by atoms with van der Waals surface area (Å²) in [6.07, 6.45) is 7.97. The van der Waals surface area contributed by atoms with E-state index in [2.05, 4.69) is 4.98 Å². The number of carbonyl (C=O) groups excluding carboxylic acids is 1. The summed E-state index contributed by atoms with van der Waals surface area (Å²) in [7, 11) is 0. The molecule has 0 spiro atoms. The summed E-state index contributed by atoms with van der Waals surface area (Å²) in [5, 5.41) is 0. The van der Waals surface area contributed by atoms with Crippen LogP contribution >= 0.6 is 0 Å². The number of hydrogen-bond donors (Lipinski definition) is 0. The molecule has 2 heteroatoms. The zero-order chi connectivity index (χ0) is 9.10. The molecule has 2 nitrogen and oxygen atoms in total. The Bertz CT molecular complexity index is 340. The normalized spacial score (nSPS) is 16.9. The van der Waals surface area contributed by atoms with Crippen molar-refractivity contribution >= 4 is 11.4 Å². The van der Waals surface area contributed by atoms with Crippen molar-refractivity contribution in [2.24, 2.45) is 0 Å². The molecule has 0 atom stereocenters. The van der Waals surface area contributed by atoms with E-state index in [1.807, 2.05) is 12.1 Å². The van der Waals surface area contributed by atoms with Crippen LogP contribution in [0.3, 0.4) is 0 Å². The van der Waals surface area contributed by atoms with Gasteiger partial charge in [-0.1, -0.05) is 0 Å². The van der Waals surface area contributed by atoms with Crippen molar-refractivity contribution in [1.29, 1.82) is 0 Å². The van der Waals surface area contributed by atoms with Crippen molar-refractivity contribution in [2.45, 2.75) is 19.3 Å². The number of allylic oxidation sites excluding steroid dienone is 2. The number of ketones is 1. The average molecular weight is 173 g/mol. The Morgan fingerprint density at radius 2 is 1.92 bits per heavy atom. The second kappa shape index (κ2) is 3.52. The van der Waals surface area contributed by atoms with Crippen LogP contribution in [-0.2, 0) is 4.79 Å². The molecule has 0 fully saturated rings. The van der Waals surface area contributed by atoms with Crippen molar-refractivity contribution in [1.82, 2.24) is 4.98 Å². The van der Waals surface area contributed by atoms with Gasteiger partial charge in [0.25, 0.3) is 0 Å². The van der Waals surface area contributed by atoms with Crippen LogP contribution in [0.2, 0.25) is 0 Å². The molecule has 0 aliphatic heterocycles. The summed E-state index contributed by atoms with van der Waals surface area (Å²) >= 11 is 0. The van der Waals surface area contributed by atoms with Gasteiger partial charge in [0.15, 0.2) is 5.78 Å². The molecule has 1 heterocycles. The highest BCUT2D eigenvalue weighted by atomic mass is 16.1. The molecule has 0 radical (unpaired) electrons. The fraction of sp³-hybridized carbons (Fsp3) is 0.273. The molecule has 13 heavy (non-hydrogen) atoms. The van der Waals surface area contributed by atoms with Gasteiger partial charge in [0.05, 0.1) is 0 Å². The van der Waals surface area contributed by atoms with E-state index in [9.17, 15) is 4.79 Å². The standard InChI is InChI=1S/C11H11NO/c13-11-3-1-2-10(8-11)9-4-6-12-7-5-9/h4-8H,1-3H2. The fourth-order valence-electron chi connectivity index (χ4n) is 1.59. The molecule has 0 bridgehead atoms. The summed E-state index contributed by atoms with van der Waals surface area (Å²) < 4.78 is 0. The Labute approximate surface area is 77.3 Å². The van der Waals surface area contributed by atoms with Crippen LogP contribution in [0.4, 0.5) is 0 Å². The lowest BCUT2D eigenvalue weighted by Crippen LogP contribution is -2.01.